The molecule has 14 heavy (non-hydrogen) atoms. The highest BCUT2D eigenvalue weighted by molar-refractivity contribution is 5.77. The molecule has 0 N–H and O–H groups in total. The topological polar surface area (TPSA) is 49.6 Å². The minimum Gasteiger partial charge on any atom is -0.264 e. The Morgan fingerprint density at radius 1 is 1.21 bits per heavy atom. The molecule has 0 atom stereocenters. The summed E-state index contributed by atoms with van der Waals surface area (Å²) in [6, 6.07) is 7.30. The van der Waals surface area contributed by atoms with E-state index in [1.54, 1.807) is 24.5 Å². The molecule has 0 aliphatic heterocycles. The summed E-state index contributed by atoms with van der Waals surface area (Å²) < 4.78 is 0. The normalized spacial score (nSPS) is 8.64. The fourth-order valence-electron chi connectivity index (χ4n) is 1.03. The van der Waals surface area contributed by atoms with Crippen LogP contribution >= 0.6 is 0 Å². The molecule has 3 nitrogen and oxygen atoms in total. The van der Waals surface area contributed by atoms with Gasteiger partial charge < -0.3 is 0 Å². The van der Waals surface area contributed by atoms with Crippen molar-refractivity contribution in [2.75, 3.05) is 0 Å². The third kappa shape index (κ3) is 2.05. The lowest BCUT2D eigenvalue weighted by Gasteiger charge is -1.94. The van der Waals surface area contributed by atoms with Crippen LogP contribution < -0.4 is 0 Å². The fraction of sp³-hybridized carbons (Fsp3) is 0.182. The molecule has 2 heterocycles. The molecule has 2 aromatic rings. The molecule has 0 aliphatic carbocycles. The summed E-state index contributed by atoms with van der Waals surface area (Å²) in [5.74, 6) is 0. The highest BCUT2D eigenvalue weighted by atomic mass is 14.7. The first kappa shape index (κ1) is 10.1. The number of rotatable bonds is 0. The van der Waals surface area contributed by atoms with Gasteiger partial charge in [-0.1, -0.05) is 13.8 Å². The number of aromatic nitrogens is 2. The van der Waals surface area contributed by atoms with Gasteiger partial charge in [-0.3, -0.25) is 4.98 Å². The first-order valence-electron chi connectivity index (χ1n) is 4.51. The van der Waals surface area contributed by atoms with Gasteiger partial charge in [0, 0.05) is 17.8 Å². The Labute approximate surface area is 83.0 Å². The number of nitriles is 1. The molecule has 0 amide bonds. The van der Waals surface area contributed by atoms with Crippen LogP contribution in [0.3, 0.4) is 0 Å². The van der Waals surface area contributed by atoms with Crippen LogP contribution in [0.4, 0.5) is 0 Å². The van der Waals surface area contributed by atoms with Crippen molar-refractivity contribution in [3.63, 3.8) is 0 Å². The minimum absolute atomic E-state index is 0.439. The number of nitrogens with zero attached hydrogens (tertiary/aromatic N) is 3. The summed E-state index contributed by atoms with van der Waals surface area (Å²) in [4.78, 5) is 8.04. The number of hydrogen-bond acceptors (Lipinski definition) is 3. The summed E-state index contributed by atoms with van der Waals surface area (Å²) in [6.07, 6.45) is 3.39. The molecule has 2 aromatic heterocycles. The van der Waals surface area contributed by atoms with Crippen LogP contribution in [0.25, 0.3) is 10.9 Å². The van der Waals surface area contributed by atoms with Crippen molar-refractivity contribution in [2.24, 2.45) is 0 Å². The predicted molar refractivity (Wildman–Crippen MR) is 55.6 cm³/mol. The summed E-state index contributed by atoms with van der Waals surface area (Å²) in [5, 5.41) is 9.52. The number of pyridine rings is 2. The van der Waals surface area contributed by atoms with Gasteiger partial charge in [-0.05, 0) is 18.2 Å². The molecule has 0 saturated heterocycles. The zero-order valence-corrected chi connectivity index (χ0v) is 8.23. The highest BCUT2D eigenvalue weighted by Gasteiger charge is 1.94. The van der Waals surface area contributed by atoms with E-state index in [1.807, 2.05) is 26.0 Å². The van der Waals surface area contributed by atoms with Gasteiger partial charge in [-0.2, -0.15) is 5.26 Å². The third-order valence-electron chi connectivity index (χ3n) is 1.60. The average molecular weight is 185 g/mol. The molecule has 0 aliphatic rings. The summed E-state index contributed by atoms with van der Waals surface area (Å²) in [5.41, 5.74) is 1.25. The van der Waals surface area contributed by atoms with Gasteiger partial charge in [0.1, 0.15) is 11.8 Å². The van der Waals surface area contributed by atoms with Crippen molar-refractivity contribution >= 4 is 10.9 Å². The first-order chi connectivity index (χ1) is 6.90. The van der Waals surface area contributed by atoms with E-state index < -0.39 is 0 Å². The van der Waals surface area contributed by atoms with Gasteiger partial charge in [0.25, 0.3) is 0 Å². The maximum atomic E-state index is 8.57. The van der Waals surface area contributed by atoms with Crippen molar-refractivity contribution in [1.82, 2.24) is 9.97 Å². The molecule has 0 unspecified atom stereocenters. The van der Waals surface area contributed by atoms with Gasteiger partial charge >= 0.3 is 0 Å². The van der Waals surface area contributed by atoms with Crippen LogP contribution in [0, 0.1) is 11.3 Å². The van der Waals surface area contributed by atoms with E-state index in [2.05, 4.69) is 9.97 Å². The molecule has 0 aromatic carbocycles. The maximum Gasteiger partial charge on any atom is 0.141 e. The molecule has 2 rings (SSSR count). The van der Waals surface area contributed by atoms with E-state index in [9.17, 15) is 0 Å². The van der Waals surface area contributed by atoms with Crippen LogP contribution in [0.15, 0.2) is 30.6 Å². The van der Waals surface area contributed by atoms with Crippen molar-refractivity contribution < 1.29 is 0 Å². The van der Waals surface area contributed by atoms with Crippen LogP contribution in [0.5, 0.6) is 0 Å². The Morgan fingerprint density at radius 2 is 2.00 bits per heavy atom. The van der Waals surface area contributed by atoms with Crippen molar-refractivity contribution in [3.8, 4) is 6.07 Å². The second kappa shape index (κ2) is 4.93. The Hall–Kier alpha value is -1.95. The Morgan fingerprint density at radius 3 is 2.71 bits per heavy atom. The first-order valence-corrected chi connectivity index (χ1v) is 4.51. The van der Waals surface area contributed by atoms with Crippen molar-refractivity contribution in [3.05, 3.63) is 36.3 Å². The smallest absolute Gasteiger partial charge is 0.141 e. The molecule has 0 fully saturated rings. The predicted octanol–water partition coefficient (Wildman–Crippen LogP) is 2.53. The molecule has 70 valence electrons. The minimum atomic E-state index is 0.439. The Balaban J connectivity index is 0.000000461. The van der Waals surface area contributed by atoms with Gasteiger partial charge in [0.15, 0.2) is 0 Å². The van der Waals surface area contributed by atoms with Gasteiger partial charge in [0.05, 0.1) is 5.52 Å². The lowest BCUT2D eigenvalue weighted by atomic mass is 10.2. The fourth-order valence-corrected chi connectivity index (χ4v) is 1.03. The summed E-state index contributed by atoms with van der Waals surface area (Å²) in [7, 11) is 0. The van der Waals surface area contributed by atoms with Gasteiger partial charge in [0.2, 0.25) is 0 Å². The SMILES string of the molecule is CC.N#Cc1ccc2cnccc2n1. The summed E-state index contributed by atoms with van der Waals surface area (Å²) in [6.45, 7) is 4.00. The maximum absolute atomic E-state index is 8.57. The van der Waals surface area contributed by atoms with E-state index in [1.165, 1.54) is 0 Å². The van der Waals surface area contributed by atoms with Gasteiger partial charge in [-0.15, -0.1) is 0 Å². The van der Waals surface area contributed by atoms with E-state index >= 15 is 0 Å². The van der Waals surface area contributed by atoms with E-state index in [0.717, 1.165) is 10.9 Å². The van der Waals surface area contributed by atoms with E-state index in [0.29, 0.717) is 5.69 Å². The molecule has 0 saturated carbocycles. The van der Waals surface area contributed by atoms with Crippen LogP contribution in [-0.4, -0.2) is 9.97 Å². The zero-order chi connectivity index (χ0) is 10.4. The monoisotopic (exact) mass is 185 g/mol. The average Bonchev–Trinajstić information content (AvgIpc) is 2.31. The van der Waals surface area contributed by atoms with Gasteiger partial charge in [-0.25, -0.2) is 4.98 Å². The number of hydrogen-bond donors (Lipinski definition) is 0. The molecular weight excluding hydrogens is 174 g/mol. The Bertz CT molecular complexity index is 457. The molecule has 0 bridgehead atoms. The Kier molecular flexibility index (Phi) is 3.57. The lowest BCUT2D eigenvalue weighted by Crippen LogP contribution is -1.83. The second-order valence-corrected chi connectivity index (χ2v) is 2.38. The van der Waals surface area contributed by atoms with Crippen molar-refractivity contribution in [1.29, 1.82) is 5.26 Å². The van der Waals surface area contributed by atoms with Crippen LogP contribution in [0.2, 0.25) is 0 Å². The quantitative estimate of drug-likeness (QED) is 0.633. The second-order valence-electron chi connectivity index (χ2n) is 2.38. The van der Waals surface area contributed by atoms with Crippen LogP contribution in [-0.2, 0) is 0 Å². The van der Waals surface area contributed by atoms with Crippen molar-refractivity contribution in [2.45, 2.75) is 13.8 Å². The molecule has 0 spiro atoms. The largest absolute Gasteiger partial charge is 0.264 e. The molecule has 0 radical (unpaired) electrons. The third-order valence-corrected chi connectivity index (χ3v) is 1.60. The van der Waals surface area contributed by atoms with Crippen LogP contribution in [0.1, 0.15) is 19.5 Å². The number of fused-ring (bicyclic) bond motifs is 1. The zero-order valence-electron chi connectivity index (χ0n) is 8.23. The lowest BCUT2D eigenvalue weighted by molar-refractivity contribution is 1.29. The summed E-state index contributed by atoms with van der Waals surface area (Å²) >= 11 is 0. The van der Waals surface area contributed by atoms with E-state index in [4.69, 9.17) is 5.26 Å². The standard InChI is InChI=1S/C9H5N3.C2H6/c10-5-8-2-1-7-6-11-4-3-9(7)12-8;1-2/h1-4,6H;1-2H3. The highest BCUT2D eigenvalue weighted by Crippen LogP contribution is 2.09. The van der Waals surface area contributed by atoms with E-state index in [-0.39, 0.29) is 0 Å². The molecular formula is C11H11N3. The molecule has 3 heteroatoms.